The average molecular weight is 264 g/mol. The molecule has 0 amide bonds. The number of allylic oxidation sites excluding steroid dienone is 1. The molecule has 0 bridgehead atoms. The van der Waals surface area contributed by atoms with E-state index in [-0.39, 0.29) is 12.2 Å². The van der Waals surface area contributed by atoms with Crippen molar-refractivity contribution in [3.05, 3.63) is 12.2 Å². The molecule has 0 aliphatic rings. The van der Waals surface area contributed by atoms with E-state index in [1.54, 1.807) is 11.4 Å². The molecule has 2 unspecified atom stereocenters. The molecule has 2 atom stereocenters. The molecule has 96 valence electrons. The summed E-state index contributed by atoms with van der Waals surface area (Å²) in [5.41, 5.74) is 0. The molecule has 0 N–H and O–H groups in total. The molecule has 4 heteroatoms. The summed E-state index contributed by atoms with van der Waals surface area (Å²) in [4.78, 5) is 0. The lowest BCUT2D eigenvalue weighted by molar-refractivity contribution is 0.165. The molecular weight excluding hydrogens is 239 g/mol. The van der Waals surface area contributed by atoms with Crippen LogP contribution in [0.1, 0.15) is 47.5 Å². The highest BCUT2D eigenvalue weighted by Crippen LogP contribution is 2.54. The molecule has 0 aromatic carbocycles. The second kappa shape index (κ2) is 10.6. The van der Waals surface area contributed by atoms with Crippen LogP contribution >= 0.6 is 19.0 Å². The zero-order valence-corrected chi connectivity index (χ0v) is 12.8. The Morgan fingerprint density at radius 2 is 1.62 bits per heavy atom. The maximum Gasteiger partial charge on any atom is 0.238 e. The highest BCUT2D eigenvalue weighted by molar-refractivity contribution is 8.52. The third kappa shape index (κ3) is 8.58. The molecule has 0 heterocycles. The largest absolute Gasteiger partial charge is 0.323 e. The Morgan fingerprint density at radius 1 is 1.12 bits per heavy atom. The molecule has 0 radical (unpaired) electrons. The van der Waals surface area contributed by atoms with Crippen LogP contribution < -0.4 is 0 Å². The Morgan fingerprint density at radius 3 is 2.00 bits per heavy atom. The molecule has 0 aromatic heterocycles. The third-order valence-corrected chi connectivity index (χ3v) is 5.41. The van der Waals surface area contributed by atoms with Crippen molar-refractivity contribution in [2.75, 3.05) is 5.75 Å². The van der Waals surface area contributed by atoms with Crippen molar-refractivity contribution in [3.8, 4) is 0 Å². The predicted octanol–water partition coefficient (Wildman–Crippen LogP) is 5.15. The standard InChI is InChI=1S/C12H25O2PS/c1-6-9-10-16-15(13-11(4)7-2)14-12(5)8-3/h6,9,11-12H,7-8,10H2,1-5H3. The number of hydrogen-bond acceptors (Lipinski definition) is 3. The van der Waals surface area contributed by atoms with Gasteiger partial charge in [0, 0.05) is 5.75 Å². The molecule has 0 aromatic rings. The smallest absolute Gasteiger partial charge is 0.238 e. The van der Waals surface area contributed by atoms with Crippen LogP contribution in [0.4, 0.5) is 0 Å². The van der Waals surface area contributed by atoms with Gasteiger partial charge in [-0.05, 0) is 33.6 Å². The van der Waals surface area contributed by atoms with Crippen LogP contribution in [0.3, 0.4) is 0 Å². The van der Waals surface area contributed by atoms with E-state index in [4.69, 9.17) is 9.05 Å². The fraction of sp³-hybridized carbons (Fsp3) is 0.833. The van der Waals surface area contributed by atoms with Crippen LogP contribution in [-0.4, -0.2) is 18.0 Å². The van der Waals surface area contributed by atoms with E-state index in [2.05, 4.69) is 39.8 Å². The average Bonchev–Trinajstić information content (AvgIpc) is 2.28. The van der Waals surface area contributed by atoms with E-state index in [9.17, 15) is 0 Å². The summed E-state index contributed by atoms with van der Waals surface area (Å²) in [6.07, 6.45) is 6.84. The van der Waals surface area contributed by atoms with Gasteiger partial charge in [0.25, 0.3) is 0 Å². The van der Waals surface area contributed by atoms with E-state index in [0.717, 1.165) is 18.6 Å². The summed E-state index contributed by atoms with van der Waals surface area (Å²) in [5.74, 6) is 0.967. The van der Waals surface area contributed by atoms with Crippen molar-refractivity contribution in [2.45, 2.75) is 59.7 Å². The van der Waals surface area contributed by atoms with Crippen LogP contribution in [0.5, 0.6) is 0 Å². The molecule has 16 heavy (non-hydrogen) atoms. The van der Waals surface area contributed by atoms with Gasteiger partial charge < -0.3 is 9.05 Å². The normalized spacial score (nSPS) is 17.6. The maximum atomic E-state index is 5.89. The summed E-state index contributed by atoms with van der Waals surface area (Å²) in [6.45, 7) is 10.5. The van der Waals surface area contributed by atoms with Gasteiger partial charge in [-0.25, -0.2) is 0 Å². The Bertz CT molecular complexity index is 176. The van der Waals surface area contributed by atoms with Gasteiger partial charge >= 0.3 is 0 Å². The Labute approximate surface area is 106 Å². The third-order valence-electron chi connectivity index (χ3n) is 2.19. The monoisotopic (exact) mass is 264 g/mol. The fourth-order valence-electron chi connectivity index (χ4n) is 0.729. The van der Waals surface area contributed by atoms with Crippen molar-refractivity contribution in [1.82, 2.24) is 0 Å². The first kappa shape index (κ1) is 16.4. The van der Waals surface area contributed by atoms with Crippen molar-refractivity contribution in [1.29, 1.82) is 0 Å². The van der Waals surface area contributed by atoms with E-state index in [1.807, 2.05) is 6.92 Å². The summed E-state index contributed by atoms with van der Waals surface area (Å²) < 4.78 is 11.8. The van der Waals surface area contributed by atoms with E-state index in [0.29, 0.717) is 0 Å². The minimum Gasteiger partial charge on any atom is -0.323 e. The zero-order chi connectivity index (χ0) is 12.4. The minimum atomic E-state index is -0.797. The van der Waals surface area contributed by atoms with Gasteiger partial charge in [-0.2, -0.15) is 0 Å². The topological polar surface area (TPSA) is 18.5 Å². The van der Waals surface area contributed by atoms with Gasteiger partial charge in [0.05, 0.1) is 12.2 Å². The second-order valence-electron chi connectivity index (χ2n) is 3.74. The Kier molecular flexibility index (Phi) is 10.9. The molecular formula is C12H25O2PS. The zero-order valence-electron chi connectivity index (χ0n) is 11.1. The lowest BCUT2D eigenvalue weighted by atomic mass is 10.3. The molecule has 0 fully saturated rings. The molecule has 0 rings (SSSR count). The summed E-state index contributed by atoms with van der Waals surface area (Å²) in [5, 5.41) is 0. The van der Waals surface area contributed by atoms with Gasteiger partial charge in [-0.1, -0.05) is 37.4 Å². The molecule has 0 spiro atoms. The molecule has 0 saturated heterocycles. The fourth-order valence-corrected chi connectivity index (χ4v) is 4.06. The lowest BCUT2D eigenvalue weighted by Gasteiger charge is -2.22. The molecule has 2 nitrogen and oxygen atoms in total. The van der Waals surface area contributed by atoms with Crippen LogP contribution in [0.2, 0.25) is 0 Å². The van der Waals surface area contributed by atoms with E-state index < -0.39 is 7.58 Å². The summed E-state index contributed by atoms with van der Waals surface area (Å²) in [7, 11) is -0.797. The number of rotatable bonds is 9. The van der Waals surface area contributed by atoms with E-state index in [1.165, 1.54) is 0 Å². The van der Waals surface area contributed by atoms with Crippen molar-refractivity contribution in [3.63, 3.8) is 0 Å². The van der Waals surface area contributed by atoms with Crippen LogP contribution in [0, 0.1) is 0 Å². The lowest BCUT2D eigenvalue weighted by Crippen LogP contribution is -2.07. The molecule has 0 aliphatic carbocycles. The molecule has 0 saturated carbocycles. The SMILES string of the molecule is CC=CCSP(OC(C)CC)OC(C)CC. The van der Waals surface area contributed by atoms with Crippen LogP contribution in [-0.2, 0) is 9.05 Å². The second-order valence-corrected chi connectivity index (χ2v) is 6.87. The van der Waals surface area contributed by atoms with Gasteiger partial charge in [-0.15, -0.1) is 0 Å². The minimum absolute atomic E-state index is 0.285. The summed E-state index contributed by atoms with van der Waals surface area (Å²) >= 11 is 1.77. The van der Waals surface area contributed by atoms with Crippen molar-refractivity contribution >= 4 is 19.0 Å². The highest BCUT2D eigenvalue weighted by atomic mass is 32.7. The van der Waals surface area contributed by atoms with Crippen molar-refractivity contribution in [2.24, 2.45) is 0 Å². The Balaban J connectivity index is 4.04. The number of hydrogen-bond donors (Lipinski definition) is 0. The first-order chi connectivity index (χ1) is 7.63. The predicted molar refractivity (Wildman–Crippen MR) is 75.9 cm³/mol. The van der Waals surface area contributed by atoms with E-state index >= 15 is 0 Å². The van der Waals surface area contributed by atoms with Gasteiger partial charge in [0.15, 0.2) is 0 Å². The molecule has 0 aliphatic heterocycles. The maximum absolute atomic E-state index is 5.89. The Hall–Kier alpha value is 0.440. The first-order valence-corrected chi connectivity index (χ1v) is 8.78. The quantitative estimate of drug-likeness (QED) is 0.423. The van der Waals surface area contributed by atoms with Crippen LogP contribution in [0.25, 0.3) is 0 Å². The first-order valence-electron chi connectivity index (χ1n) is 6.01. The van der Waals surface area contributed by atoms with Gasteiger partial charge in [-0.3, -0.25) is 0 Å². The van der Waals surface area contributed by atoms with Crippen molar-refractivity contribution < 1.29 is 9.05 Å². The van der Waals surface area contributed by atoms with Gasteiger partial charge in [0.2, 0.25) is 7.58 Å². The highest BCUT2D eigenvalue weighted by Gasteiger charge is 2.17. The van der Waals surface area contributed by atoms with Crippen LogP contribution in [0.15, 0.2) is 12.2 Å². The van der Waals surface area contributed by atoms with Gasteiger partial charge in [0.1, 0.15) is 0 Å². The summed E-state index contributed by atoms with van der Waals surface area (Å²) in [6, 6.07) is 0.